The molecule has 410 valence electrons. The van der Waals surface area contributed by atoms with Gasteiger partial charge in [0.05, 0.1) is 0 Å². The molecule has 0 aromatic rings. The van der Waals surface area contributed by atoms with Crippen LogP contribution in [0.15, 0.2) is 12.2 Å². The first kappa shape index (κ1) is 67.7. The van der Waals surface area contributed by atoms with Crippen LogP contribution in [0, 0.1) is 0 Å². The van der Waals surface area contributed by atoms with Crippen LogP contribution in [0.2, 0.25) is 0 Å². The molecule has 0 fully saturated rings. The molecule has 0 aliphatic heterocycles. The fraction of sp³-hybridized carbons (Fsp3) is 0.938. The summed E-state index contributed by atoms with van der Waals surface area (Å²) >= 11 is 0. The lowest BCUT2D eigenvalue weighted by Crippen LogP contribution is -1.93. The van der Waals surface area contributed by atoms with Crippen molar-refractivity contribution in [3.8, 4) is 0 Å². The third kappa shape index (κ3) is 66.7. The Morgan fingerprint density at radius 1 is 0.203 bits per heavy atom. The summed E-state index contributed by atoms with van der Waals surface area (Å²) in [4.78, 5) is 21.0. The highest BCUT2D eigenvalue weighted by Crippen LogP contribution is 2.20. The van der Waals surface area contributed by atoms with Crippen LogP contribution >= 0.6 is 0 Å². The Bertz CT molecular complexity index is 991. The van der Waals surface area contributed by atoms with Gasteiger partial charge in [0.1, 0.15) is 0 Å². The summed E-state index contributed by atoms with van der Waals surface area (Å²) in [6.45, 7) is 0. The highest BCUT2D eigenvalue weighted by atomic mass is 16.4. The lowest BCUT2D eigenvalue weighted by atomic mass is 10.0. The minimum atomic E-state index is -0.828. The predicted octanol–water partition coefficient (Wildman–Crippen LogP) is 23.5. The summed E-state index contributed by atoms with van der Waals surface area (Å²) in [5, 5.41) is 17.3. The lowest BCUT2D eigenvalue weighted by Gasteiger charge is -2.05. The molecule has 0 saturated heterocycles. The molecule has 0 amide bonds. The quantitative estimate of drug-likeness (QED) is 0.0470. The summed E-state index contributed by atoms with van der Waals surface area (Å²) in [6.07, 6.45) is 88.1. The van der Waals surface area contributed by atoms with E-state index in [0.29, 0.717) is 6.42 Å². The molecule has 69 heavy (non-hydrogen) atoms. The van der Waals surface area contributed by atoms with Crippen LogP contribution < -0.4 is 0 Å². The molecule has 0 radical (unpaired) electrons. The van der Waals surface area contributed by atoms with E-state index in [1.54, 1.807) is 6.08 Å². The van der Waals surface area contributed by atoms with Crippen molar-refractivity contribution in [3.05, 3.63) is 12.2 Å². The van der Waals surface area contributed by atoms with Crippen LogP contribution in [0.4, 0.5) is 0 Å². The second-order valence-electron chi connectivity index (χ2n) is 22.5. The average molecular weight is 972 g/mol. The van der Waals surface area contributed by atoms with Crippen molar-refractivity contribution >= 4 is 11.9 Å². The normalized spacial score (nSPS) is 11.7. The van der Waals surface area contributed by atoms with E-state index >= 15 is 0 Å². The van der Waals surface area contributed by atoms with Gasteiger partial charge in [-0.15, -0.1) is 0 Å². The van der Waals surface area contributed by atoms with Gasteiger partial charge in [0, 0.05) is 12.5 Å². The zero-order valence-corrected chi connectivity index (χ0v) is 47.0. The fourth-order valence-electron chi connectivity index (χ4n) is 10.8. The Labute approximate surface area is 433 Å². The highest BCUT2D eigenvalue weighted by molar-refractivity contribution is 5.79. The second-order valence-corrected chi connectivity index (χ2v) is 22.5. The monoisotopic (exact) mass is 971 g/mol. The number of carboxylic acid groups (broad SMARTS) is 2. The van der Waals surface area contributed by atoms with Gasteiger partial charge in [-0.2, -0.15) is 0 Å². The summed E-state index contributed by atoms with van der Waals surface area (Å²) in [5.41, 5.74) is 0. The number of carbonyl (C=O) groups is 2. The van der Waals surface area contributed by atoms with Gasteiger partial charge >= 0.3 is 11.9 Å². The summed E-state index contributed by atoms with van der Waals surface area (Å²) in [7, 11) is 0. The maximum absolute atomic E-state index is 10.5. The van der Waals surface area contributed by atoms with Crippen LogP contribution in [-0.2, 0) is 9.59 Å². The Hall–Kier alpha value is -1.32. The molecule has 4 heteroatoms. The number of hydrogen-bond donors (Lipinski definition) is 2. The van der Waals surface area contributed by atoms with Gasteiger partial charge in [-0.3, -0.25) is 4.79 Å². The Kier molecular flexibility index (Phi) is 61.6. The van der Waals surface area contributed by atoms with Gasteiger partial charge in [-0.25, -0.2) is 4.79 Å². The van der Waals surface area contributed by atoms with Gasteiger partial charge < -0.3 is 10.2 Å². The van der Waals surface area contributed by atoms with Crippen LogP contribution in [0.25, 0.3) is 0 Å². The van der Waals surface area contributed by atoms with E-state index in [4.69, 9.17) is 10.2 Å². The smallest absolute Gasteiger partial charge is 0.327 e. The number of unbranched alkanes of at least 4 members (excludes halogenated alkanes) is 59. The third-order valence-corrected chi connectivity index (χ3v) is 15.5. The zero-order valence-electron chi connectivity index (χ0n) is 47.0. The summed E-state index contributed by atoms with van der Waals surface area (Å²) in [6, 6.07) is 0. The molecule has 0 heterocycles. The molecular formula is C65H126O4. The summed E-state index contributed by atoms with van der Waals surface area (Å²) < 4.78 is 0. The van der Waals surface area contributed by atoms with Crippen molar-refractivity contribution in [2.45, 2.75) is 392 Å². The molecule has 0 aromatic heterocycles. The zero-order chi connectivity index (χ0) is 49.7. The molecule has 4 nitrogen and oxygen atoms in total. The molecular weight excluding hydrogens is 845 g/mol. The molecule has 0 aliphatic carbocycles. The number of allylic oxidation sites excluding steroid dienone is 1. The maximum atomic E-state index is 10.5. The van der Waals surface area contributed by atoms with Crippen LogP contribution in [0.5, 0.6) is 0 Å². The standard InChI is InChI=1S/C65H126O4/c66-64(67)62-60-58-56-54-52-50-48-46-44-42-40-38-36-34-32-30-28-26-24-22-20-18-16-14-12-10-8-6-4-2-1-3-5-7-9-11-13-15-17-19-21-23-25-27-29-31-33-35-37-39-41-43-45-47-49-51-53-55-57-59-61-63-65(68)69/h60,62H,1-59,61,63H2,(H,66,67)(H,68,69). The van der Waals surface area contributed by atoms with Crippen molar-refractivity contribution in [1.82, 2.24) is 0 Å². The van der Waals surface area contributed by atoms with Crippen molar-refractivity contribution in [2.24, 2.45) is 0 Å². The van der Waals surface area contributed by atoms with Crippen molar-refractivity contribution in [1.29, 1.82) is 0 Å². The first-order valence-corrected chi connectivity index (χ1v) is 32.2. The van der Waals surface area contributed by atoms with E-state index in [9.17, 15) is 9.59 Å². The van der Waals surface area contributed by atoms with Crippen LogP contribution in [0.1, 0.15) is 392 Å². The number of carboxylic acids is 2. The molecule has 0 aromatic carbocycles. The van der Waals surface area contributed by atoms with Gasteiger partial charge in [-0.05, 0) is 19.3 Å². The highest BCUT2D eigenvalue weighted by Gasteiger charge is 2.01. The van der Waals surface area contributed by atoms with E-state index < -0.39 is 11.9 Å². The number of hydrogen-bond acceptors (Lipinski definition) is 2. The molecule has 0 atom stereocenters. The Morgan fingerprint density at radius 3 is 0.464 bits per heavy atom. The molecule has 0 aliphatic rings. The largest absolute Gasteiger partial charge is 0.481 e. The van der Waals surface area contributed by atoms with Gasteiger partial charge in [0.15, 0.2) is 0 Å². The number of rotatable bonds is 63. The Morgan fingerprint density at radius 2 is 0.333 bits per heavy atom. The average Bonchev–Trinajstić information content (AvgIpc) is 3.34. The third-order valence-electron chi connectivity index (χ3n) is 15.5. The van der Waals surface area contributed by atoms with Crippen molar-refractivity contribution in [3.63, 3.8) is 0 Å². The molecule has 0 saturated carbocycles. The van der Waals surface area contributed by atoms with Gasteiger partial charge in [-0.1, -0.05) is 372 Å². The molecule has 2 N–H and O–H groups in total. The van der Waals surface area contributed by atoms with Gasteiger partial charge in [0.25, 0.3) is 0 Å². The van der Waals surface area contributed by atoms with E-state index in [1.807, 2.05) is 0 Å². The van der Waals surface area contributed by atoms with E-state index in [0.717, 1.165) is 25.7 Å². The SMILES string of the molecule is O=C(O)C=CCCCCCCCCCCCCCCCCCCCCCCCCCCCCCCCCCCCCCCCCCCCCCCCCCCCCCCCCCCCCCC(=O)O. The van der Waals surface area contributed by atoms with Crippen LogP contribution in [-0.4, -0.2) is 22.2 Å². The predicted molar refractivity (Wildman–Crippen MR) is 306 cm³/mol. The van der Waals surface area contributed by atoms with E-state index in [2.05, 4.69) is 0 Å². The summed E-state index contributed by atoms with van der Waals surface area (Å²) in [5.74, 6) is -1.48. The second kappa shape index (κ2) is 62.8. The number of aliphatic carboxylic acids is 2. The van der Waals surface area contributed by atoms with Crippen molar-refractivity contribution < 1.29 is 19.8 Å². The van der Waals surface area contributed by atoms with Crippen LogP contribution in [0.3, 0.4) is 0 Å². The fourth-order valence-corrected chi connectivity index (χ4v) is 10.8. The molecule has 0 spiro atoms. The molecule has 0 rings (SSSR count). The van der Waals surface area contributed by atoms with E-state index in [1.165, 1.54) is 366 Å². The minimum Gasteiger partial charge on any atom is -0.481 e. The Balaban J connectivity index is 3.08. The molecule has 0 unspecified atom stereocenters. The first-order chi connectivity index (χ1) is 34.1. The van der Waals surface area contributed by atoms with E-state index in [-0.39, 0.29) is 0 Å². The topological polar surface area (TPSA) is 74.6 Å². The van der Waals surface area contributed by atoms with Gasteiger partial charge in [0.2, 0.25) is 0 Å². The van der Waals surface area contributed by atoms with Crippen molar-refractivity contribution in [2.75, 3.05) is 0 Å². The lowest BCUT2D eigenvalue weighted by molar-refractivity contribution is -0.137. The first-order valence-electron chi connectivity index (χ1n) is 32.2. The minimum absolute atomic E-state index is 0.345. The maximum Gasteiger partial charge on any atom is 0.327 e. The molecule has 0 bridgehead atoms.